The molecule has 0 aliphatic rings. The first-order valence-corrected chi connectivity index (χ1v) is 6.73. The second kappa shape index (κ2) is 4.63. The summed E-state index contributed by atoms with van der Waals surface area (Å²) in [7, 11) is -3.57. The predicted molar refractivity (Wildman–Crippen MR) is 62.4 cm³/mol. The molecule has 1 rings (SSSR count). The number of nitrogens with one attached hydrogen (secondary N) is 1. The lowest BCUT2D eigenvalue weighted by Crippen LogP contribution is -2.14. The molecule has 3 nitrogen and oxygen atoms in total. The van der Waals surface area contributed by atoms with Gasteiger partial charge >= 0.3 is 0 Å². The molecule has 0 saturated carbocycles. The fraction of sp³-hybridized carbons (Fsp3) is 0.143. The predicted octanol–water partition coefficient (Wildman–Crippen LogP) is 2.37. The van der Waals surface area contributed by atoms with Gasteiger partial charge in [0.1, 0.15) is 11.0 Å². The SMILES string of the molecule is O=S(=O)(CCl)Nc1cccc(F)c1I. The Morgan fingerprint density at radius 3 is 2.71 bits per heavy atom. The summed E-state index contributed by atoms with van der Waals surface area (Å²) in [6, 6.07) is 4.14. The molecule has 78 valence electrons. The van der Waals surface area contributed by atoms with Crippen molar-refractivity contribution in [3.63, 3.8) is 0 Å². The lowest BCUT2D eigenvalue weighted by atomic mass is 10.3. The van der Waals surface area contributed by atoms with Crippen LogP contribution in [0.3, 0.4) is 0 Å². The maximum absolute atomic E-state index is 13.0. The number of alkyl halides is 1. The maximum Gasteiger partial charge on any atom is 0.246 e. The Morgan fingerprint density at radius 1 is 1.50 bits per heavy atom. The monoisotopic (exact) mass is 349 g/mol. The minimum Gasteiger partial charge on any atom is -0.281 e. The van der Waals surface area contributed by atoms with Crippen LogP contribution < -0.4 is 4.72 Å². The van der Waals surface area contributed by atoms with Crippen LogP contribution in [0.4, 0.5) is 10.1 Å². The Labute approximate surface area is 99.8 Å². The maximum atomic E-state index is 13.0. The van der Waals surface area contributed by atoms with E-state index in [2.05, 4.69) is 4.72 Å². The first-order valence-electron chi connectivity index (χ1n) is 3.47. The van der Waals surface area contributed by atoms with E-state index in [4.69, 9.17) is 11.6 Å². The lowest BCUT2D eigenvalue weighted by Gasteiger charge is -2.07. The number of benzene rings is 1. The van der Waals surface area contributed by atoms with E-state index in [0.717, 1.165) is 0 Å². The fourth-order valence-corrected chi connectivity index (χ4v) is 2.18. The molecular formula is C7H6ClFINO2S. The molecule has 1 aromatic carbocycles. The summed E-state index contributed by atoms with van der Waals surface area (Å²) in [6.45, 7) is 0. The standard InChI is InChI=1S/C7H6ClFINO2S/c8-4-14(12,13)11-6-3-1-2-5(9)7(6)10/h1-3,11H,4H2. The van der Waals surface area contributed by atoms with Crippen molar-refractivity contribution < 1.29 is 12.8 Å². The average Bonchev–Trinajstić information content (AvgIpc) is 2.13. The molecule has 0 unspecified atom stereocenters. The van der Waals surface area contributed by atoms with Gasteiger partial charge in [-0.1, -0.05) is 6.07 Å². The van der Waals surface area contributed by atoms with Crippen molar-refractivity contribution in [2.24, 2.45) is 0 Å². The smallest absolute Gasteiger partial charge is 0.246 e. The minimum atomic E-state index is -3.57. The Hall–Kier alpha value is -0.0800. The fourth-order valence-electron chi connectivity index (χ4n) is 0.777. The second-order valence-corrected chi connectivity index (χ2v) is 5.81. The van der Waals surface area contributed by atoms with Crippen LogP contribution in [0.5, 0.6) is 0 Å². The third-order valence-electron chi connectivity index (χ3n) is 1.36. The van der Waals surface area contributed by atoms with Gasteiger partial charge in [-0.25, -0.2) is 12.8 Å². The molecule has 0 bridgehead atoms. The van der Waals surface area contributed by atoms with E-state index in [0.29, 0.717) is 0 Å². The van der Waals surface area contributed by atoms with Crippen LogP contribution in [0.15, 0.2) is 18.2 Å². The highest BCUT2D eigenvalue weighted by Crippen LogP contribution is 2.21. The topological polar surface area (TPSA) is 46.2 Å². The van der Waals surface area contributed by atoms with Gasteiger partial charge in [-0.05, 0) is 34.7 Å². The Bertz CT molecular complexity index is 437. The van der Waals surface area contributed by atoms with Crippen LogP contribution in [-0.2, 0) is 10.0 Å². The molecule has 7 heteroatoms. The molecule has 0 atom stereocenters. The first kappa shape index (κ1) is 12.0. The summed E-state index contributed by atoms with van der Waals surface area (Å²) < 4.78 is 37.5. The molecule has 14 heavy (non-hydrogen) atoms. The van der Waals surface area contributed by atoms with Gasteiger partial charge in [0.05, 0.1) is 9.26 Å². The minimum absolute atomic E-state index is 0.200. The van der Waals surface area contributed by atoms with Gasteiger partial charge in [0.15, 0.2) is 0 Å². The lowest BCUT2D eigenvalue weighted by molar-refractivity contribution is 0.605. The number of anilines is 1. The third-order valence-corrected chi connectivity index (χ3v) is 4.14. The molecular weight excluding hydrogens is 344 g/mol. The quantitative estimate of drug-likeness (QED) is 0.673. The summed E-state index contributed by atoms with van der Waals surface area (Å²) in [5.74, 6) is -0.472. The number of rotatable bonds is 3. The van der Waals surface area contributed by atoms with Crippen molar-refractivity contribution in [3.05, 3.63) is 27.6 Å². The van der Waals surface area contributed by atoms with E-state index in [9.17, 15) is 12.8 Å². The summed E-state index contributed by atoms with van der Waals surface area (Å²) >= 11 is 6.90. The van der Waals surface area contributed by atoms with Crippen molar-refractivity contribution in [3.8, 4) is 0 Å². The van der Waals surface area contributed by atoms with Crippen molar-refractivity contribution in [1.82, 2.24) is 0 Å². The van der Waals surface area contributed by atoms with Gasteiger partial charge in [0, 0.05) is 0 Å². The third kappa shape index (κ3) is 2.96. The summed E-state index contributed by atoms with van der Waals surface area (Å²) in [4.78, 5) is 0. The van der Waals surface area contributed by atoms with Gasteiger partial charge in [0.25, 0.3) is 0 Å². The van der Waals surface area contributed by atoms with E-state index < -0.39 is 21.1 Å². The molecule has 0 fully saturated rings. The molecule has 1 aromatic rings. The largest absolute Gasteiger partial charge is 0.281 e. The molecule has 1 N–H and O–H groups in total. The number of hydrogen-bond acceptors (Lipinski definition) is 2. The molecule has 0 aliphatic carbocycles. The number of sulfonamides is 1. The van der Waals surface area contributed by atoms with Gasteiger partial charge in [0.2, 0.25) is 10.0 Å². The van der Waals surface area contributed by atoms with Crippen molar-refractivity contribution in [2.75, 3.05) is 9.93 Å². The Kier molecular flexibility index (Phi) is 3.96. The second-order valence-electron chi connectivity index (χ2n) is 2.43. The molecule has 0 radical (unpaired) electrons. The highest BCUT2D eigenvalue weighted by Gasteiger charge is 2.12. The highest BCUT2D eigenvalue weighted by atomic mass is 127. The molecule has 0 saturated heterocycles. The van der Waals surface area contributed by atoms with Crippen molar-refractivity contribution in [1.29, 1.82) is 0 Å². The number of hydrogen-bond donors (Lipinski definition) is 1. The molecule has 0 heterocycles. The first-order chi connectivity index (χ1) is 6.46. The zero-order chi connectivity index (χ0) is 10.8. The average molecular weight is 350 g/mol. The van der Waals surface area contributed by atoms with Crippen LogP contribution >= 0.6 is 34.2 Å². The van der Waals surface area contributed by atoms with Crippen LogP contribution in [-0.4, -0.2) is 13.6 Å². The van der Waals surface area contributed by atoms with Gasteiger partial charge in [-0.3, -0.25) is 4.72 Å². The van der Waals surface area contributed by atoms with Gasteiger partial charge < -0.3 is 0 Å². The van der Waals surface area contributed by atoms with E-state index in [1.165, 1.54) is 18.2 Å². The zero-order valence-corrected chi connectivity index (χ0v) is 10.5. The van der Waals surface area contributed by atoms with Crippen LogP contribution in [0.25, 0.3) is 0 Å². The summed E-state index contributed by atoms with van der Waals surface area (Å²) in [5.41, 5.74) is 0.200. The van der Waals surface area contributed by atoms with Crippen LogP contribution in [0.2, 0.25) is 0 Å². The molecule has 0 aromatic heterocycles. The normalized spacial score (nSPS) is 11.4. The molecule has 0 spiro atoms. The van der Waals surface area contributed by atoms with Gasteiger partial charge in [-0.15, -0.1) is 11.6 Å². The molecule has 0 aliphatic heterocycles. The van der Waals surface area contributed by atoms with Crippen molar-refractivity contribution >= 4 is 49.9 Å². The Balaban J connectivity index is 3.05. The number of halogens is 3. The highest BCUT2D eigenvalue weighted by molar-refractivity contribution is 14.1. The van der Waals surface area contributed by atoms with E-state index in [-0.39, 0.29) is 9.26 Å². The zero-order valence-electron chi connectivity index (χ0n) is 6.80. The Morgan fingerprint density at radius 2 is 2.14 bits per heavy atom. The van der Waals surface area contributed by atoms with Gasteiger partial charge in [-0.2, -0.15) is 0 Å². The van der Waals surface area contributed by atoms with E-state index in [1.54, 1.807) is 22.6 Å². The van der Waals surface area contributed by atoms with Crippen molar-refractivity contribution in [2.45, 2.75) is 0 Å². The van der Waals surface area contributed by atoms with E-state index in [1.807, 2.05) is 0 Å². The van der Waals surface area contributed by atoms with Crippen LogP contribution in [0.1, 0.15) is 0 Å². The summed E-state index contributed by atoms with van der Waals surface area (Å²) in [5, 5.41) is -0.556. The van der Waals surface area contributed by atoms with Crippen LogP contribution in [0, 0.1) is 9.39 Å². The van der Waals surface area contributed by atoms with E-state index >= 15 is 0 Å². The summed E-state index contributed by atoms with van der Waals surface area (Å²) in [6.07, 6.45) is 0. The molecule has 0 amide bonds.